The van der Waals surface area contributed by atoms with E-state index in [-0.39, 0.29) is 29.2 Å². The van der Waals surface area contributed by atoms with Crippen molar-refractivity contribution >= 4 is 39.1 Å². The summed E-state index contributed by atoms with van der Waals surface area (Å²) < 4.78 is 25.4. The third kappa shape index (κ3) is 5.33. The third-order valence-corrected chi connectivity index (χ3v) is 8.38. The Labute approximate surface area is 196 Å². The largest absolute Gasteiger partial charge is 0.341 e. The molecule has 168 valence electrons. The number of hydrogen-bond donors (Lipinski definition) is 0. The Kier molecular flexibility index (Phi) is 6.88. The fourth-order valence-corrected chi connectivity index (χ4v) is 6.44. The van der Waals surface area contributed by atoms with Crippen LogP contribution in [0.25, 0.3) is 5.69 Å². The molecular weight excluding hydrogens is 468 g/mol. The normalized spacial score (nSPS) is 17.4. The Morgan fingerprint density at radius 1 is 1.16 bits per heavy atom. The van der Waals surface area contributed by atoms with Crippen molar-refractivity contribution in [1.29, 1.82) is 0 Å². The first-order chi connectivity index (χ1) is 15.3. The van der Waals surface area contributed by atoms with Crippen molar-refractivity contribution in [3.8, 4) is 5.69 Å². The van der Waals surface area contributed by atoms with Gasteiger partial charge in [-0.3, -0.25) is 9.36 Å². The van der Waals surface area contributed by atoms with Gasteiger partial charge in [-0.15, -0.1) is 10.2 Å². The molecule has 4 rings (SSSR count). The summed E-state index contributed by atoms with van der Waals surface area (Å²) in [5.74, 6) is 0.929. The first-order valence-corrected chi connectivity index (χ1v) is 13.3. The lowest BCUT2D eigenvalue weighted by Crippen LogP contribution is -2.38. The van der Waals surface area contributed by atoms with Crippen molar-refractivity contribution < 1.29 is 13.2 Å². The van der Waals surface area contributed by atoms with Gasteiger partial charge >= 0.3 is 0 Å². The predicted octanol–water partition coefficient (Wildman–Crippen LogP) is 3.25. The highest BCUT2D eigenvalue weighted by Crippen LogP contribution is 2.26. The molecule has 1 amide bonds. The number of amides is 1. The van der Waals surface area contributed by atoms with E-state index in [0.717, 1.165) is 17.1 Å². The van der Waals surface area contributed by atoms with Gasteiger partial charge < -0.3 is 4.90 Å². The predicted molar refractivity (Wildman–Crippen MR) is 126 cm³/mol. The van der Waals surface area contributed by atoms with Crippen LogP contribution in [-0.2, 0) is 21.1 Å². The van der Waals surface area contributed by atoms with Crippen LogP contribution in [0.4, 0.5) is 0 Å². The third-order valence-electron chi connectivity index (χ3n) is 5.46. The summed E-state index contributed by atoms with van der Waals surface area (Å²) in [5.41, 5.74) is 1.96. The molecule has 2 heterocycles. The first-order valence-electron chi connectivity index (χ1n) is 10.2. The van der Waals surface area contributed by atoms with Gasteiger partial charge in [0.05, 0.1) is 17.3 Å². The monoisotopic (exact) mass is 490 g/mol. The number of carbonyl (C=O) groups excluding carboxylic acids is 1. The van der Waals surface area contributed by atoms with Crippen molar-refractivity contribution in [3.05, 3.63) is 71.0 Å². The van der Waals surface area contributed by atoms with E-state index in [1.54, 1.807) is 24.1 Å². The smallest absolute Gasteiger partial charge is 0.233 e. The van der Waals surface area contributed by atoms with E-state index in [1.165, 1.54) is 11.8 Å². The Balaban J connectivity index is 1.54. The van der Waals surface area contributed by atoms with Crippen LogP contribution in [0, 0.1) is 0 Å². The Morgan fingerprint density at radius 3 is 2.53 bits per heavy atom. The molecule has 1 fully saturated rings. The molecule has 3 aromatic rings. The fraction of sp³-hybridized carbons (Fsp3) is 0.318. The maximum absolute atomic E-state index is 12.7. The van der Waals surface area contributed by atoms with Gasteiger partial charge in [-0.2, -0.15) is 0 Å². The van der Waals surface area contributed by atoms with Crippen LogP contribution in [-0.4, -0.2) is 64.3 Å². The van der Waals surface area contributed by atoms with E-state index in [1.807, 2.05) is 47.0 Å². The molecule has 7 nitrogen and oxygen atoms in total. The van der Waals surface area contributed by atoms with Crippen molar-refractivity contribution in [2.75, 3.05) is 24.3 Å². The molecule has 32 heavy (non-hydrogen) atoms. The van der Waals surface area contributed by atoms with Gasteiger partial charge in [-0.05, 0) is 36.2 Å². The number of sulfone groups is 1. The number of halogens is 1. The number of hydrogen-bond acceptors (Lipinski definition) is 6. The average Bonchev–Trinajstić information content (AvgIpc) is 3.35. The summed E-state index contributed by atoms with van der Waals surface area (Å²) in [7, 11) is -1.39. The topological polar surface area (TPSA) is 85.2 Å². The standard InChI is InChI=1S/C22H23ClN4O3S2/c1-26(19-11-12-32(29,30)15-19)21(28)14-31-22-25-24-20(13-16-5-3-2-4-6-16)27(22)18-9-7-17(23)8-10-18/h2-10,19H,11-15H2,1H3. The highest BCUT2D eigenvalue weighted by molar-refractivity contribution is 7.99. The lowest BCUT2D eigenvalue weighted by molar-refractivity contribution is -0.128. The van der Waals surface area contributed by atoms with Gasteiger partial charge in [0.25, 0.3) is 0 Å². The molecule has 10 heteroatoms. The molecule has 1 unspecified atom stereocenters. The zero-order valence-corrected chi connectivity index (χ0v) is 19.9. The number of nitrogens with zero attached hydrogens (tertiary/aromatic N) is 4. The number of rotatable bonds is 7. The van der Waals surface area contributed by atoms with Crippen LogP contribution >= 0.6 is 23.4 Å². The van der Waals surface area contributed by atoms with Crippen LogP contribution in [0.3, 0.4) is 0 Å². The Bertz CT molecular complexity index is 1200. The molecule has 0 bridgehead atoms. The lowest BCUT2D eigenvalue weighted by Gasteiger charge is -2.23. The highest BCUT2D eigenvalue weighted by Gasteiger charge is 2.32. The van der Waals surface area contributed by atoms with Crippen molar-refractivity contribution in [2.45, 2.75) is 24.0 Å². The summed E-state index contributed by atoms with van der Waals surface area (Å²) in [5, 5.41) is 9.95. The molecule has 0 aliphatic carbocycles. The molecule has 0 N–H and O–H groups in total. The van der Waals surface area contributed by atoms with Crippen LogP contribution in [0.2, 0.25) is 5.02 Å². The second kappa shape index (κ2) is 9.64. The summed E-state index contributed by atoms with van der Waals surface area (Å²) in [4.78, 5) is 14.3. The second-order valence-electron chi connectivity index (χ2n) is 7.72. The highest BCUT2D eigenvalue weighted by atomic mass is 35.5. The maximum Gasteiger partial charge on any atom is 0.233 e. The fourth-order valence-electron chi connectivity index (χ4n) is 3.65. The number of aromatic nitrogens is 3. The first kappa shape index (κ1) is 22.8. The quantitative estimate of drug-likeness (QED) is 0.472. The van der Waals surface area contributed by atoms with Gasteiger partial charge in [0.1, 0.15) is 5.82 Å². The van der Waals surface area contributed by atoms with E-state index in [2.05, 4.69) is 10.2 Å². The number of carbonyl (C=O) groups is 1. The number of benzene rings is 2. The van der Waals surface area contributed by atoms with E-state index < -0.39 is 9.84 Å². The van der Waals surface area contributed by atoms with E-state index >= 15 is 0 Å². The molecule has 1 aliphatic rings. The van der Waals surface area contributed by atoms with Crippen molar-refractivity contribution in [2.24, 2.45) is 0 Å². The maximum atomic E-state index is 12.7. The van der Waals surface area contributed by atoms with Crippen LogP contribution in [0.1, 0.15) is 17.8 Å². The molecule has 1 aliphatic heterocycles. The van der Waals surface area contributed by atoms with E-state index in [0.29, 0.717) is 23.0 Å². The average molecular weight is 491 g/mol. The van der Waals surface area contributed by atoms with E-state index in [9.17, 15) is 13.2 Å². The summed E-state index contributed by atoms with van der Waals surface area (Å²) >= 11 is 7.35. The van der Waals surface area contributed by atoms with Gasteiger partial charge in [-0.25, -0.2) is 8.42 Å². The molecule has 0 radical (unpaired) electrons. The van der Waals surface area contributed by atoms with Gasteiger partial charge in [0.15, 0.2) is 15.0 Å². The van der Waals surface area contributed by atoms with Gasteiger partial charge in [-0.1, -0.05) is 53.7 Å². The summed E-state index contributed by atoms with van der Waals surface area (Å²) in [6.07, 6.45) is 1.07. The minimum Gasteiger partial charge on any atom is -0.341 e. The number of thioether (sulfide) groups is 1. The minimum absolute atomic E-state index is 0.0298. The van der Waals surface area contributed by atoms with Gasteiger partial charge in [0, 0.05) is 30.2 Å². The SMILES string of the molecule is CN(C(=O)CSc1nnc(Cc2ccccc2)n1-c1ccc(Cl)cc1)C1CCS(=O)(=O)C1. The van der Waals surface area contributed by atoms with Crippen LogP contribution < -0.4 is 0 Å². The minimum atomic E-state index is -3.05. The Hall–Kier alpha value is -2.36. The summed E-state index contributed by atoms with van der Waals surface area (Å²) in [6.45, 7) is 0. The Morgan fingerprint density at radius 2 is 1.88 bits per heavy atom. The second-order valence-corrected chi connectivity index (χ2v) is 11.3. The molecular formula is C22H23ClN4O3S2. The zero-order chi connectivity index (χ0) is 22.7. The molecule has 1 aromatic heterocycles. The summed E-state index contributed by atoms with van der Waals surface area (Å²) in [6, 6.07) is 17.1. The molecule has 0 spiro atoms. The molecule has 2 aromatic carbocycles. The lowest BCUT2D eigenvalue weighted by atomic mass is 10.1. The van der Waals surface area contributed by atoms with Crippen molar-refractivity contribution in [1.82, 2.24) is 19.7 Å². The van der Waals surface area contributed by atoms with Gasteiger partial charge in [0.2, 0.25) is 5.91 Å². The zero-order valence-electron chi connectivity index (χ0n) is 17.5. The van der Waals surface area contributed by atoms with E-state index in [4.69, 9.17) is 11.6 Å². The molecule has 1 saturated heterocycles. The molecule has 0 saturated carbocycles. The van der Waals surface area contributed by atoms with Crippen LogP contribution in [0.5, 0.6) is 0 Å². The van der Waals surface area contributed by atoms with Crippen molar-refractivity contribution in [3.63, 3.8) is 0 Å². The molecule has 1 atom stereocenters. The van der Waals surface area contributed by atoms with Crippen LogP contribution in [0.15, 0.2) is 59.8 Å².